The molecule has 0 fully saturated rings. The van der Waals surface area contributed by atoms with Crippen LogP contribution in [-0.4, -0.2) is 46.9 Å². The maximum absolute atomic E-state index is 10.5. The number of phenolic OH excluding ortho intramolecular Hbond substituents is 2. The normalized spacial score (nSPS) is 12.5. The number of aromatic hydroxyl groups is 2. The van der Waals surface area contributed by atoms with E-state index in [1.165, 1.54) is 25.7 Å². The van der Waals surface area contributed by atoms with E-state index in [1.807, 2.05) is 52.0 Å². The second-order valence-electron chi connectivity index (χ2n) is 10.9. The second-order valence-corrected chi connectivity index (χ2v) is 10.9. The highest BCUT2D eigenvalue weighted by Crippen LogP contribution is 2.31. The van der Waals surface area contributed by atoms with Gasteiger partial charge in [0.05, 0.1) is 24.3 Å². The number of hydrogen-bond donors (Lipinski definition) is 2. The zero-order valence-electron chi connectivity index (χ0n) is 24.3. The van der Waals surface area contributed by atoms with E-state index in [2.05, 4.69) is 13.8 Å². The fraction of sp³-hybridized carbons (Fsp3) is 0.562. The predicted molar refractivity (Wildman–Crippen MR) is 159 cm³/mol. The predicted octanol–water partition coefficient (Wildman–Crippen LogP) is 8.11. The molecule has 6 heteroatoms. The number of hydrogen-bond acceptors (Lipinski definition) is 6. The molecule has 0 unspecified atom stereocenters. The van der Waals surface area contributed by atoms with Gasteiger partial charge in [-0.25, -0.2) is 0 Å². The van der Waals surface area contributed by atoms with Crippen molar-refractivity contribution in [1.82, 2.24) is 0 Å². The molecule has 0 spiro atoms. The Morgan fingerprint density at radius 1 is 0.632 bits per heavy atom. The first-order chi connectivity index (χ1) is 18.1. The Hall–Kier alpha value is -3.02. The van der Waals surface area contributed by atoms with Gasteiger partial charge in [0.15, 0.2) is 0 Å². The van der Waals surface area contributed by atoms with Crippen molar-refractivity contribution in [2.45, 2.75) is 104 Å². The molecule has 2 aromatic carbocycles. The molecule has 0 aliphatic carbocycles. The van der Waals surface area contributed by atoms with Crippen LogP contribution in [0.25, 0.3) is 0 Å². The molecule has 2 aromatic rings. The Labute approximate surface area is 229 Å². The van der Waals surface area contributed by atoms with E-state index in [0.29, 0.717) is 35.8 Å². The van der Waals surface area contributed by atoms with Crippen molar-refractivity contribution in [3.63, 3.8) is 0 Å². The second kappa shape index (κ2) is 15.4. The Balaban J connectivity index is 2.00. The van der Waals surface area contributed by atoms with E-state index < -0.39 is 11.1 Å². The van der Waals surface area contributed by atoms with Crippen molar-refractivity contribution >= 4 is 12.4 Å². The summed E-state index contributed by atoms with van der Waals surface area (Å²) in [4.78, 5) is 9.53. The molecule has 6 nitrogen and oxygen atoms in total. The minimum absolute atomic E-state index is 0.134. The number of phenols is 2. The zero-order valence-corrected chi connectivity index (χ0v) is 24.3. The molecule has 0 aromatic heterocycles. The highest BCUT2D eigenvalue weighted by molar-refractivity contribution is 5.85. The lowest BCUT2D eigenvalue weighted by Crippen LogP contribution is -2.42. The fourth-order valence-corrected chi connectivity index (χ4v) is 3.66. The van der Waals surface area contributed by atoms with Crippen molar-refractivity contribution in [2.24, 2.45) is 9.98 Å². The molecule has 210 valence electrons. The molecular weight excluding hydrogens is 476 g/mol. The number of unbranched alkanes of at least 4 members (excludes halogenated alkanes) is 6. The lowest BCUT2D eigenvalue weighted by Gasteiger charge is -2.35. The average Bonchev–Trinajstić information content (AvgIpc) is 2.87. The summed E-state index contributed by atoms with van der Waals surface area (Å²) < 4.78 is 11.5. The molecule has 0 saturated carbocycles. The maximum Gasteiger partial charge on any atom is 0.128 e. The summed E-state index contributed by atoms with van der Waals surface area (Å²) in [6.45, 7) is 13.7. The molecule has 0 aliphatic rings. The first-order valence-electron chi connectivity index (χ1n) is 14.1. The Kier molecular flexibility index (Phi) is 12.6. The smallest absolute Gasteiger partial charge is 0.128 e. The van der Waals surface area contributed by atoms with Crippen molar-refractivity contribution in [1.29, 1.82) is 0 Å². The van der Waals surface area contributed by atoms with Crippen LogP contribution in [0, 0.1) is 0 Å². The standard InChI is InChI=1S/C32H48N2O4/c1-7-9-11-13-19-37-27-17-15-25(29(35)21-27)23-33-31(3,4)32(5,6)34-24-26-16-18-28(22-30(26)36)38-20-14-12-10-8-2/h15-18,21-24,35-36H,7-14,19-20H2,1-6H3. The van der Waals surface area contributed by atoms with Gasteiger partial charge in [-0.05, 0) is 64.8 Å². The lowest BCUT2D eigenvalue weighted by molar-refractivity contribution is 0.303. The molecule has 0 heterocycles. The third-order valence-corrected chi connectivity index (χ3v) is 7.09. The summed E-state index contributed by atoms with van der Waals surface area (Å²) in [7, 11) is 0. The summed E-state index contributed by atoms with van der Waals surface area (Å²) in [6.07, 6.45) is 12.5. The number of ether oxygens (including phenoxy) is 2. The van der Waals surface area contributed by atoms with Crippen LogP contribution in [0.15, 0.2) is 46.4 Å². The van der Waals surface area contributed by atoms with Crippen LogP contribution in [0.1, 0.15) is 104 Å². The monoisotopic (exact) mass is 524 g/mol. The van der Waals surface area contributed by atoms with Crippen LogP contribution in [0.3, 0.4) is 0 Å². The molecule has 0 radical (unpaired) electrons. The quantitative estimate of drug-likeness (QED) is 0.162. The van der Waals surface area contributed by atoms with Crippen LogP contribution in [0.5, 0.6) is 23.0 Å². The average molecular weight is 525 g/mol. The Morgan fingerprint density at radius 2 is 1.03 bits per heavy atom. The van der Waals surface area contributed by atoms with E-state index in [-0.39, 0.29) is 11.5 Å². The number of benzene rings is 2. The molecule has 2 rings (SSSR count). The maximum atomic E-state index is 10.5. The number of nitrogens with zero attached hydrogens (tertiary/aromatic N) is 2. The summed E-state index contributed by atoms with van der Waals surface area (Å²) in [6, 6.07) is 10.6. The SMILES string of the molecule is CCCCCCOc1ccc(C=NC(C)(C)C(C)(C)N=Cc2ccc(OCCCCCC)cc2O)c(O)c1. The minimum atomic E-state index is -0.582. The molecule has 0 aliphatic heterocycles. The zero-order chi connectivity index (χ0) is 28.0. The van der Waals surface area contributed by atoms with Crippen LogP contribution < -0.4 is 9.47 Å². The lowest BCUT2D eigenvalue weighted by atomic mass is 9.83. The largest absolute Gasteiger partial charge is 0.507 e. The molecule has 0 amide bonds. The van der Waals surface area contributed by atoms with Gasteiger partial charge in [-0.2, -0.15) is 0 Å². The van der Waals surface area contributed by atoms with E-state index in [1.54, 1.807) is 24.6 Å². The van der Waals surface area contributed by atoms with Crippen LogP contribution >= 0.6 is 0 Å². The van der Waals surface area contributed by atoms with Gasteiger partial charge in [0.2, 0.25) is 0 Å². The molecule has 38 heavy (non-hydrogen) atoms. The summed E-state index contributed by atoms with van der Waals surface area (Å²) in [5, 5.41) is 21.0. The van der Waals surface area contributed by atoms with Crippen molar-refractivity contribution in [3.8, 4) is 23.0 Å². The van der Waals surface area contributed by atoms with E-state index >= 15 is 0 Å². The summed E-state index contributed by atoms with van der Waals surface area (Å²) >= 11 is 0. The first kappa shape index (κ1) is 31.2. The van der Waals surface area contributed by atoms with Gasteiger partial charge >= 0.3 is 0 Å². The van der Waals surface area contributed by atoms with Gasteiger partial charge in [0.1, 0.15) is 23.0 Å². The third kappa shape index (κ3) is 10.0. The molecular formula is C32H48N2O4. The highest BCUT2D eigenvalue weighted by atomic mass is 16.5. The van der Waals surface area contributed by atoms with Crippen molar-refractivity contribution in [3.05, 3.63) is 47.5 Å². The van der Waals surface area contributed by atoms with Gasteiger partial charge in [0, 0.05) is 35.7 Å². The van der Waals surface area contributed by atoms with E-state index in [0.717, 1.165) is 25.7 Å². The van der Waals surface area contributed by atoms with Gasteiger partial charge < -0.3 is 19.7 Å². The molecule has 0 atom stereocenters. The Bertz CT molecular complexity index is 960. The van der Waals surface area contributed by atoms with Crippen molar-refractivity contribution < 1.29 is 19.7 Å². The van der Waals surface area contributed by atoms with Gasteiger partial charge in [-0.15, -0.1) is 0 Å². The molecule has 2 N–H and O–H groups in total. The molecule has 0 bridgehead atoms. The van der Waals surface area contributed by atoms with E-state index in [4.69, 9.17) is 19.5 Å². The summed E-state index contributed by atoms with van der Waals surface area (Å²) in [5.74, 6) is 1.59. The van der Waals surface area contributed by atoms with Gasteiger partial charge in [-0.1, -0.05) is 52.4 Å². The Morgan fingerprint density at radius 3 is 1.37 bits per heavy atom. The van der Waals surface area contributed by atoms with Crippen LogP contribution in [-0.2, 0) is 0 Å². The first-order valence-corrected chi connectivity index (χ1v) is 14.1. The number of aliphatic imine (C=N–C) groups is 2. The highest BCUT2D eigenvalue weighted by Gasteiger charge is 2.35. The van der Waals surface area contributed by atoms with E-state index in [9.17, 15) is 10.2 Å². The fourth-order valence-electron chi connectivity index (χ4n) is 3.66. The van der Waals surface area contributed by atoms with Crippen molar-refractivity contribution in [2.75, 3.05) is 13.2 Å². The van der Waals surface area contributed by atoms with Gasteiger partial charge in [0.25, 0.3) is 0 Å². The minimum Gasteiger partial charge on any atom is -0.507 e. The topological polar surface area (TPSA) is 83.6 Å². The van der Waals surface area contributed by atoms with Crippen LogP contribution in [0.2, 0.25) is 0 Å². The third-order valence-electron chi connectivity index (χ3n) is 7.09. The van der Waals surface area contributed by atoms with Gasteiger partial charge in [-0.3, -0.25) is 9.98 Å². The number of rotatable bonds is 17. The summed E-state index contributed by atoms with van der Waals surface area (Å²) in [5.41, 5.74) is 0.0848. The van der Waals surface area contributed by atoms with Crippen LogP contribution in [0.4, 0.5) is 0 Å². The molecule has 0 saturated heterocycles.